The van der Waals surface area contributed by atoms with Gasteiger partial charge in [-0.15, -0.1) is 0 Å². The van der Waals surface area contributed by atoms with Crippen LogP contribution in [-0.2, 0) is 6.54 Å². The van der Waals surface area contributed by atoms with Crippen molar-refractivity contribution >= 4 is 5.96 Å². The Morgan fingerprint density at radius 3 is 2.21 bits per heavy atom. The summed E-state index contributed by atoms with van der Waals surface area (Å²) in [7, 11) is 4.86. The van der Waals surface area contributed by atoms with Crippen LogP contribution >= 0.6 is 0 Å². The number of nitrogens with zero attached hydrogens (tertiary/aromatic N) is 2. The molecule has 0 bridgehead atoms. The maximum absolute atomic E-state index is 5.44. The normalized spacial score (nSPS) is 16.0. The number of methoxy groups -OCH3 is 3. The first kappa shape index (κ1) is 22.1. The van der Waals surface area contributed by atoms with Gasteiger partial charge in [0.2, 0.25) is 5.75 Å². The number of ether oxygens (including phenoxy) is 3. The van der Waals surface area contributed by atoms with Crippen LogP contribution in [0.3, 0.4) is 0 Å². The van der Waals surface area contributed by atoms with Crippen molar-refractivity contribution in [1.29, 1.82) is 0 Å². The lowest BCUT2D eigenvalue weighted by molar-refractivity contribution is 0.206. The van der Waals surface area contributed by atoms with Crippen molar-refractivity contribution in [2.75, 3.05) is 47.5 Å². The van der Waals surface area contributed by atoms with Crippen LogP contribution in [0.1, 0.15) is 38.7 Å². The molecule has 2 N–H and O–H groups in total. The first-order valence-corrected chi connectivity index (χ1v) is 10.2. The van der Waals surface area contributed by atoms with Gasteiger partial charge in [-0.3, -0.25) is 0 Å². The molecule has 7 nitrogen and oxygen atoms in total. The van der Waals surface area contributed by atoms with Crippen molar-refractivity contribution in [3.8, 4) is 17.2 Å². The van der Waals surface area contributed by atoms with Crippen molar-refractivity contribution in [3.05, 3.63) is 17.7 Å². The number of rotatable bonds is 9. The van der Waals surface area contributed by atoms with Crippen LogP contribution in [0.5, 0.6) is 17.2 Å². The summed E-state index contributed by atoms with van der Waals surface area (Å²) in [5.74, 6) is 2.74. The van der Waals surface area contributed by atoms with E-state index in [1.165, 1.54) is 13.0 Å². The summed E-state index contributed by atoms with van der Waals surface area (Å²) in [6.07, 6.45) is 3.51. The van der Waals surface area contributed by atoms with E-state index in [0.717, 1.165) is 44.0 Å². The Bertz CT molecular complexity index is 603. The van der Waals surface area contributed by atoms with Crippen LogP contribution in [0.25, 0.3) is 0 Å². The Kier molecular flexibility index (Phi) is 9.20. The SMILES string of the molecule is CCCN1CCC(NC(=NCc2cc(OC)c(OC)c(OC)c2)NCC)CC1. The van der Waals surface area contributed by atoms with E-state index in [0.29, 0.717) is 29.8 Å². The number of hydrogen-bond acceptors (Lipinski definition) is 5. The average Bonchev–Trinajstić information content (AvgIpc) is 2.72. The van der Waals surface area contributed by atoms with Crippen molar-refractivity contribution in [2.24, 2.45) is 4.99 Å². The number of hydrogen-bond donors (Lipinski definition) is 2. The van der Waals surface area contributed by atoms with Gasteiger partial charge in [-0.2, -0.15) is 0 Å². The molecule has 1 heterocycles. The molecule has 0 atom stereocenters. The summed E-state index contributed by atoms with van der Waals surface area (Å²) >= 11 is 0. The zero-order chi connectivity index (χ0) is 20.4. The molecule has 2 rings (SSSR count). The Morgan fingerprint density at radius 2 is 1.71 bits per heavy atom. The van der Waals surface area contributed by atoms with E-state index in [2.05, 4.69) is 29.4 Å². The Hall–Kier alpha value is -2.15. The van der Waals surface area contributed by atoms with Crippen LogP contribution in [0.4, 0.5) is 0 Å². The molecule has 1 aromatic carbocycles. The van der Waals surface area contributed by atoms with E-state index in [1.807, 2.05) is 12.1 Å². The molecule has 0 radical (unpaired) electrons. The minimum Gasteiger partial charge on any atom is -0.493 e. The van der Waals surface area contributed by atoms with Gasteiger partial charge < -0.3 is 29.7 Å². The predicted molar refractivity (Wildman–Crippen MR) is 114 cm³/mol. The highest BCUT2D eigenvalue weighted by atomic mass is 16.5. The van der Waals surface area contributed by atoms with E-state index in [9.17, 15) is 0 Å². The van der Waals surface area contributed by atoms with Gasteiger partial charge in [-0.25, -0.2) is 4.99 Å². The molecule has 0 aromatic heterocycles. The van der Waals surface area contributed by atoms with Crippen molar-refractivity contribution in [1.82, 2.24) is 15.5 Å². The molecule has 7 heteroatoms. The van der Waals surface area contributed by atoms with Crippen molar-refractivity contribution in [2.45, 2.75) is 45.7 Å². The Morgan fingerprint density at radius 1 is 1.07 bits per heavy atom. The summed E-state index contributed by atoms with van der Waals surface area (Å²) in [6, 6.07) is 4.35. The highest BCUT2D eigenvalue weighted by Crippen LogP contribution is 2.38. The summed E-state index contributed by atoms with van der Waals surface area (Å²) in [5, 5.41) is 6.95. The van der Waals surface area contributed by atoms with Crippen LogP contribution in [0, 0.1) is 0 Å². The summed E-state index contributed by atoms with van der Waals surface area (Å²) in [5.41, 5.74) is 1.00. The van der Waals surface area contributed by atoms with Gasteiger partial charge in [0, 0.05) is 25.7 Å². The molecule has 28 heavy (non-hydrogen) atoms. The molecule has 1 aromatic rings. The Balaban J connectivity index is 2.04. The van der Waals surface area contributed by atoms with Crippen molar-refractivity contribution < 1.29 is 14.2 Å². The summed E-state index contributed by atoms with van der Waals surface area (Å²) in [4.78, 5) is 7.31. The van der Waals surface area contributed by atoms with E-state index < -0.39 is 0 Å². The molecule has 0 saturated carbocycles. The van der Waals surface area contributed by atoms with Gasteiger partial charge >= 0.3 is 0 Å². The van der Waals surface area contributed by atoms with Crippen molar-refractivity contribution in [3.63, 3.8) is 0 Å². The van der Waals surface area contributed by atoms with Crippen LogP contribution < -0.4 is 24.8 Å². The fourth-order valence-electron chi connectivity index (χ4n) is 3.53. The Labute approximate surface area is 169 Å². The number of nitrogens with one attached hydrogen (secondary N) is 2. The third-order valence-electron chi connectivity index (χ3n) is 4.96. The second kappa shape index (κ2) is 11.6. The quantitative estimate of drug-likeness (QED) is 0.497. The fraction of sp³-hybridized carbons (Fsp3) is 0.667. The third kappa shape index (κ3) is 6.19. The first-order chi connectivity index (χ1) is 13.6. The van der Waals surface area contributed by atoms with E-state index in [4.69, 9.17) is 19.2 Å². The summed E-state index contributed by atoms with van der Waals surface area (Å²) < 4.78 is 16.3. The second-order valence-corrected chi connectivity index (χ2v) is 6.99. The van der Waals surface area contributed by atoms with Crippen LogP contribution in [0.15, 0.2) is 17.1 Å². The van der Waals surface area contributed by atoms with Gasteiger partial charge in [0.05, 0.1) is 27.9 Å². The molecular weight excluding hydrogens is 356 g/mol. The average molecular weight is 393 g/mol. The number of guanidine groups is 1. The van der Waals surface area contributed by atoms with Crippen LogP contribution in [0.2, 0.25) is 0 Å². The first-order valence-electron chi connectivity index (χ1n) is 10.2. The molecular formula is C21H36N4O3. The van der Waals surface area contributed by atoms with Crippen LogP contribution in [-0.4, -0.2) is 64.4 Å². The van der Waals surface area contributed by atoms with Gasteiger partial charge in [0.15, 0.2) is 17.5 Å². The maximum Gasteiger partial charge on any atom is 0.203 e. The molecule has 158 valence electrons. The number of benzene rings is 1. The molecule has 1 saturated heterocycles. The lowest BCUT2D eigenvalue weighted by Crippen LogP contribution is -2.48. The van der Waals surface area contributed by atoms with Gasteiger partial charge in [0.25, 0.3) is 0 Å². The lowest BCUT2D eigenvalue weighted by atomic mass is 10.1. The second-order valence-electron chi connectivity index (χ2n) is 6.99. The fourth-order valence-corrected chi connectivity index (χ4v) is 3.53. The number of likely N-dealkylation sites (tertiary alicyclic amines) is 1. The molecule has 1 aliphatic heterocycles. The smallest absolute Gasteiger partial charge is 0.203 e. The topological polar surface area (TPSA) is 67.4 Å². The predicted octanol–water partition coefficient (Wildman–Crippen LogP) is 2.64. The molecule has 0 unspecified atom stereocenters. The molecule has 0 spiro atoms. The van der Waals surface area contributed by atoms with E-state index in [1.54, 1.807) is 21.3 Å². The number of aliphatic imine (C=N–C) groups is 1. The largest absolute Gasteiger partial charge is 0.493 e. The minimum absolute atomic E-state index is 0.464. The standard InChI is InChI=1S/C21H36N4O3/c1-6-10-25-11-8-17(9-12-25)24-21(22-7-2)23-15-16-13-18(26-3)20(28-5)19(14-16)27-4/h13-14,17H,6-12,15H2,1-5H3,(H2,22,23,24). The number of piperidine rings is 1. The molecule has 1 aliphatic rings. The molecule has 0 aliphatic carbocycles. The third-order valence-corrected chi connectivity index (χ3v) is 4.96. The maximum atomic E-state index is 5.44. The van der Waals surface area contributed by atoms with E-state index >= 15 is 0 Å². The molecule has 0 amide bonds. The highest BCUT2D eigenvalue weighted by Gasteiger charge is 2.19. The van der Waals surface area contributed by atoms with Gasteiger partial charge in [-0.05, 0) is 50.4 Å². The zero-order valence-electron chi connectivity index (χ0n) is 18.0. The zero-order valence-corrected chi connectivity index (χ0v) is 18.0. The minimum atomic E-state index is 0.464. The molecule has 1 fully saturated rings. The van der Waals surface area contributed by atoms with E-state index in [-0.39, 0.29) is 0 Å². The lowest BCUT2D eigenvalue weighted by Gasteiger charge is -2.32. The highest BCUT2D eigenvalue weighted by molar-refractivity contribution is 5.80. The van der Waals surface area contributed by atoms with Gasteiger partial charge in [-0.1, -0.05) is 6.92 Å². The monoisotopic (exact) mass is 392 g/mol. The summed E-state index contributed by atoms with van der Waals surface area (Å²) in [6.45, 7) is 9.18. The van der Waals surface area contributed by atoms with Gasteiger partial charge in [0.1, 0.15) is 0 Å².